The first kappa shape index (κ1) is 19.7. The predicted molar refractivity (Wildman–Crippen MR) is 92.2 cm³/mol. The summed E-state index contributed by atoms with van der Waals surface area (Å²) >= 11 is 5.64. The van der Waals surface area contributed by atoms with Crippen LogP contribution in [0.3, 0.4) is 0 Å². The molecule has 0 aliphatic rings. The summed E-state index contributed by atoms with van der Waals surface area (Å²) in [5.74, 6) is -2.70. The van der Waals surface area contributed by atoms with E-state index in [-0.39, 0.29) is 22.9 Å². The summed E-state index contributed by atoms with van der Waals surface area (Å²) in [4.78, 5) is 23.9. The molecule has 26 heavy (non-hydrogen) atoms. The van der Waals surface area contributed by atoms with Crippen LogP contribution in [0.4, 0.5) is 14.5 Å². The molecule has 2 aromatic carbocycles. The topological polar surface area (TPSA) is 64.6 Å². The zero-order valence-electron chi connectivity index (χ0n) is 14.0. The number of amides is 1. The van der Waals surface area contributed by atoms with E-state index >= 15 is 0 Å². The molecule has 138 valence electrons. The van der Waals surface area contributed by atoms with Crippen molar-refractivity contribution in [3.8, 4) is 5.75 Å². The van der Waals surface area contributed by atoms with E-state index in [2.05, 4.69) is 5.32 Å². The first-order valence-electron chi connectivity index (χ1n) is 7.58. The summed E-state index contributed by atoms with van der Waals surface area (Å²) < 4.78 is 37.1. The van der Waals surface area contributed by atoms with E-state index < -0.39 is 29.6 Å². The van der Waals surface area contributed by atoms with Gasteiger partial charge in [0.2, 0.25) is 0 Å². The Balaban J connectivity index is 1.93. The highest BCUT2D eigenvalue weighted by atomic mass is 35.5. The molecule has 0 aromatic heterocycles. The Hall–Kier alpha value is -2.67. The Labute approximate surface area is 153 Å². The molecule has 2 rings (SSSR count). The van der Waals surface area contributed by atoms with Gasteiger partial charge >= 0.3 is 5.97 Å². The van der Waals surface area contributed by atoms with Crippen molar-refractivity contribution < 1.29 is 27.8 Å². The highest BCUT2D eigenvalue weighted by Gasteiger charge is 2.19. The number of carbonyl (C=O) groups is 2. The molecule has 1 atom stereocenters. The predicted octanol–water partition coefficient (Wildman–Crippen LogP) is 3.74. The van der Waals surface area contributed by atoms with Crippen LogP contribution in [0.25, 0.3) is 0 Å². The largest absolute Gasteiger partial charge is 0.494 e. The van der Waals surface area contributed by atoms with Gasteiger partial charge < -0.3 is 14.8 Å². The molecule has 2 aromatic rings. The number of hydrogen-bond donors (Lipinski definition) is 1. The van der Waals surface area contributed by atoms with E-state index in [1.54, 1.807) is 0 Å². The Morgan fingerprint density at radius 2 is 1.88 bits per heavy atom. The van der Waals surface area contributed by atoms with E-state index in [0.29, 0.717) is 5.56 Å². The quantitative estimate of drug-likeness (QED) is 0.772. The van der Waals surface area contributed by atoms with Crippen LogP contribution >= 0.6 is 11.6 Å². The van der Waals surface area contributed by atoms with Gasteiger partial charge in [-0.3, -0.25) is 9.59 Å². The summed E-state index contributed by atoms with van der Waals surface area (Å²) in [7, 11) is 1.33. The molecule has 0 heterocycles. The monoisotopic (exact) mass is 383 g/mol. The number of hydrogen-bond acceptors (Lipinski definition) is 4. The van der Waals surface area contributed by atoms with Gasteiger partial charge in [-0.05, 0) is 42.8 Å². The zero-order chi connectivity index (χ0) is 19.3. The minimum Gasteiger partial charge on any atom is -0.494 e. The molecule has 0 saturated heterocycles. The van der Waals surface area contributed by atoms with E-state index in [4.69, 9.17) is 21.1 Å². The number of carbonyl (C=O) groups excluding carboxylic acids is 2. The molecule has 0 bridgehead atoms. The van der Waals surface area contributed by atoms with Crippen molar-refractivity contribution in [1.29, 1.82) is 0 Å². The SMILES string of the molecule is COc1ccc(CC(=O)O[C@@H](C)C(=O)Nc2ccc(Cl)cc2F)cc1F. The third-order valence-electron chi connectivity index (χ3n) is 3.43. The molecule has 0 saturated carbocycles. The first-order chi connectivity index (χ1) is 12.3. The average molecular weight is 384 g/mol. The maximum Gasteiger partial charge on any atom is 0.311 e. The smallest absolute Gasteiger partial charge is 0.311 e. The van der Waals surface area contributed by atoms with Crippen LogP contribution in [-0.4, -0.2) is 25.1 Å². The molecule has 0 fully saturated rings. The fourth-order valence-electron chi connectivity index (χ4n) is 2.10. The van der Waals surface area contributed by atoms with Gasteiger partial charge in [-0.2, -0.15) is 0 Å². The molecule has 0 radical (unpaired) electrons. The van der Waals surface area contributed by atoms with Gasteiger partial charge in [0.15, 0.2) is 17.7 Å². The second kappa shape index (κ2) is 8.62. The van der Waals surface area contributed by atoms with Crippen LogP contribution < -0.4 is 10.1 Å². The Kier molecular flexibility index (Phi) is 6.52. The number of ether oxygens (including phenoxy) is 2. The summed E-state index contributed by atoms with van der Waals surface area (Å²) in [6.45, 7) is 1.34. The van der Waals surface area contributed by atoms with Gasteiger partial charge in [0.1, 0.15) is 5.82 Å². The fourth-order valence-corrected chi connectivity index (χ4v) is 2.26. The second-order valence-corrected chi connectivity index (χ2v) is 5.83. The van der Waals surface area contributed by atoms with Crippen molar-refractivity contribution in [2.75, 3.05) is 12.4 Å². The summed E-state index contributed by atoms with van der Waals surface area (Å²) in [5, 5.41) is 2.49. The second-order valence-electron chi connectivity index (χ2n) is 5.39. The van der Waals surface area contributed by atoms with Gasteiger partial charge in [-0.15, -0.1) is 0 Å². The fraction of sp³-hybridized carbons (Fsp3) is 0.222. The van der Waals surface area contributed by atoms with Crippen LogP contribution in [0.2, 0.25) is 5.02 Å². The lowest BCUT2D eigenvalue weighted by atomic mass is 10.1. The van der Waals surface area contributed by atoms with Crippen LogP contribution in [-0.2, 0) is 20.7 Å². The number of esters is 1. The van der Waals surface area contributed by atoms with E-state index in [1.807, 2.05) is 0 Å². The molecular formula is C18H16ClF2NO4. The summed E-state index contributed by atoms with van der Waals surface area (Å²) in [6, 6.07) is 7.80. The van der Waals surface area contributed by atoms with Gasteiger partial charge in [0.25, 0.3) is 5.91 Å². The molecule has 0 spiro atoms. The lowest BCUT2D eigenvalue weighted by molar-refractivity contribution is -0.152. The van der Waals surface area contributed by atoms with Gasteiger partial charge in [-0.1, -0.05) is 17.7 Å². The lowest BCUT2D eigenvalue weighted by Gasteiger charge is -2.14. The summed E-state index contributed by atoms with van der Waals surface area (Å²) in [6.07, 6.45) is -1.39. The van der Waals surface area contributed by atoms with Crippen LogP contribution in [0.15, 0.2) is 36.4 Å². The van der Waals surface area contributed by atoms with Gasteiger partial charge in [0, 0.05) is 5.02 Å². The van der Waals surface area contributed by atoms with Crippen molar-refractivity contribution in [2.24, 2.45) is 0 Å². The molecular weight excluding hydrogens is 368 g/mol. The lowest BCUT2D eigenvalue weighted by Crippen LogP contribution is -2.30. The van der Waals surface area contributed by atoms with Crippen LogP contribution in [0.5, 0.6) is 5.75 Å². The number of halogens is 3. The number of anilines is 1. The van der Waals surface area contributed by atoms with E-state index in [9.17, 15) is 18.4 Å². The Morgan fingerprint density at radius 1 is 1.15 bits per heavy atom. The summed E-state index contributed by atoms with van der Waals surface area (Å²) in [5.41, 5.74) is 0.282. The number of methoxy groups -OCH3 is 1. The van der Waals surface area contributed by atoms with Gasteiger partial charge in [0.05, 0.1) is 19.2 Å². The van der Waals surface area contributed by atoms with Crippen LogP contribution in [0.1, 0.15) is 12.5 Å². The Morgan fingerprint density at radius 3 is 2.50 bits per heavy atom. The number of nitrogens with one attached hydrogen (secondary N) is 1. The standard InChI is InChI=1S/C18H16ClF2NO4/c1-10(18(24)22-15-5-4-12(19)9-13(15)20)26-17(23)8-11-3-6-16(25-2)14(21)7-11/h3-7,9-10H,8H2,1-2H3,(H,22,24)/t10-/m0/s1. The van der Waals surface area contributed by atoms with Crippen molar-refractivity contribution in [2.45, 2.75) is 19.4 Å². The Bertz CT molecular complexity index is 829. The van der Waals surface area contributed by atoms with Crippen molar-refractivity contribution in [3.05, 3.63) is 58.6 Å². The van der Waals surface area contributed by atoms with Crippen LogP contribution in [0, 0.1) is 11.6 Å². The highest BCUT2D eigenvalue weighted by Crippen LogP contribution is 2.20. The number of benzene rings is 2. The van der Waals surface area contributed by atoms with E-state index in [0.717, 1.165) is 12.1 Å². The number of rotatable bonds is 6. The normalized spacial score (nSPS) is 11.6. The minimum atomic E-state index is -1.17. The molecule has 0 unspecified atom stereocenters. The average Bonchev–Trinajstić information content (AvgIpc) is 2.57. The molecule has 0 aliphatic carbocycles. The minimum absolute atomic E-state index is 0.0554. The molecule has 1 amide bonds. The van der Waals surface area contributed by atoms with Crippen molar-refractivity contribution >= 4 is 29.2 Å². The van der Waals surface area contributed by atoms with E-state index in [1.165, 1.54) is 38.3 Å². The molecule has 1 N–H and O–H groups in total. The molecule has 0 aliphatic heterocycles. The highest BCUT2D eigenvalue weighted by molar-refractivity contribution is 6.30. The first-order valence-corrected chi connectivity index (χ1v) is 7.95. The van der Waals surface area contributed by atoms with Crippen molar-refractivity contribution in [1.82, 2.24) is 0 Å². The maximum atomic E-state index is 13.7. The van der Waals surface area contributed by atoms with Crippen molar-refractivity contribution in [3.63, 3.8) is 0 Å². The molecule has 8 heteroatoms. The maximum absolute atomic E-state index is 13.7. The zero-order valence-corrected chi connectivity index (χ0v) is 14.8. The third kappa shape index (κ3) is 5.16. The third-order valence-corrected chi connectivity index (χ3v) is 3.67. The van der Waals surface area contributed by atoms with Gasteiger partial charge in [-0.25, -0.2) is 8.78 Å². The molecule has 5 nitrogen and oxygen atoms in total.